The van der Waals surface area contributed by atoms with Gasteiger partial charge < -0.3 is 15.2 Å². The van der Waals surface area contributed by atoms with E-state index in [0.717, 1.165) is 25.1 Å². The Hall–Kier alpha value is -1.29. The van der Waals surface area contributed by atoms with E-state index >= 15 is 0 Å². The van der Waals surface area contributed by atoms with Crippen LogP contribution in [0.4, 0.5) is 5.69 Å². The Kier molecular flexibility index (Phi) is 5.22. The van der Waals surface area contributed by atoms with E-state index in [2.05, 4.69) is 24.1 Å². The third-order valence-electron chi connectivity index (χ3n) is 2.73. The third kappa shape index (κ3) is 5.04. The topological polar surface area (TPSA) is 54.4 Å². The maximum Gasteiger partial charge on any atom is 0.214 e. The number of methoxy groups -OCH3 is 1. The molecule has 2 N–H and O–H groups in total. The fourth-order valence-electron chi connectivity index (χ4n) is 1.62. The second-order valence-corrected chi connectivity index (χ2v) is 4.93. The number of hydrogen-bond acceptors (Lipinski definition) is 4. The van der Waals surface area contributed by atoms with Gasteiger partial charge in [0, 0.05) is 31.1 Å². The molecule has 17 heavy (non-hydrogen) atoms. The number of pyridine rings is 1. The number of aliphatic hydroxyl groups is 1. The first-order valence-corrected chi connectivity index (χ1v) is 5.92. The van der Waals surface area contributed by atoms with Gasteiger partial charge in [0.1, 0.15) is 0 Å². The minimum Gasteiger partial charge on any atom is -0.481 e. The normalized spacial score (nSPS) is 11.3. The number of rotatable bonds is 7. The van der Waals surface area contributed by atoms with Crippen LogP contribution in [-0.4, -0.2) is 30.4 Å². The summed E-state index contributed by atoms with van der Waals surface area (Å²) in [4.78, 5) is 4.06. The summed E-state index contributed by atoms with van der Waals surface area (Å²) in [6.45, 7) is 5.49. The fraction of sp³-hybridized carbons (Fsp3) is 0.615. The van der Waals surface area contributed by atoms with E-state index in [0.29, 0.717) is 5.88 Å². The van der Waals surface area contributed by atoms with E-state index < -0.39 is 0 Å². The van der Waals surface area contributed by atoms with Crippen molar-refractivity contribution < 1.29 is 9.84 Å². The van der Waals surface area contributed by atoms with E-state index in [4.69, 9.17) is 9.84 Å². The van der Waals surface area contributed by atoms with Crippen molar-refractivity contribution in [3.63, 3.8) is 0 Å². The molecule has 4 nitrogen and oxygen atoms in total. The Bertz CT molecular complexity index is 340. The van der Waals surface area contributed by atoms with Gasteiger partial charge in [0.05, 0.1) is 7.11 Å². The molecule has 1 rings (SSSR count). The highest BCUT2D eigenvalue weighted by molar-refractivity contribution is 5.45. The molecule has 1 aromatic heterocycles. The van der Waals surface area contributed by atoms with Crippen LogP contribution >= 0.6 is 0 Å². The Morgan fingerprint density at radius 1 is 1.47 bits per heavy atom. The number of aromatic nitrogens is 1. The molecule has 0 fully saturated rings. The Morgan fingerprint density at radius 3 is 2.88 bits per heavy atom. The van der Waals surface area contributed by atoms with Crippen LogP contribution in [-0.2, 0) is 0 Å². The number of aliphatic hydroxyl groups excluding tert-OH is 1. The first-order chi connectivity index (χ1) is 8.07. The van der Waals surface area contributed by atoms with Crippen molar-refractivity contribution in [2.75, 3.05) is 25.6 Å². The highest BCUT2D eigenvalue weighted by atomic mass is 16.5. The van der Waals surface area contributed by atoms with Crippen LogP contribution in [0.1, 0.15) is 26.7 Å². The Labute approximate surface area is 103 Å². The van der Waals surface area contributed by atoms with E-state index in [9.17, 15) is 0 Å². The molecule has 0 radical (unpaired) electrons. The molecular weight excluding hydrogens is 216 g/mol. The van der Waals surface area contributed by atoms with Gasteiger partial charge in [0.15, 0.2) is 0 Å². The lowest BCUT2D eigenvalue weighted by Crippen LogP contribution is -2.23. The molecular formula is C13H22N2O2. The van der Waals surface area contributed by atoms with Crippen molar-refractivity contribution in [1.82, 2.24) is 4.98 Å². The fourth-order valence-corrected chi connectivity index (χ4v) is 1.62. The van der Waals surface area contributed by atoms with Crippen LogP contribution in [0.15, 0.2) is 18.3 Å². The van der Waals surface area contributed by atoms with E-state index in [1.165, 1.54) is 0 Å². The lowest BCUT2D eigenvalue weighted by atomic mass is 9.88. The van der Waals surface area contributed by atoms with E-state index in [1.807, 2.05) is 12.1 Å². The number of anilines is 1. The smallest absolute Gasteiger partial charge is 0.214 e. The van der Waals surface area contributed by atoms with Gasteiger partial charge in [-0.15, -0.1) is 0 Å². The molecule has 1 heterocycles. The highest BCUT2D eigenvalue weighted by Gasteiger charge is 2.16. The number of ether oxygens (including phenoxy) is 1. The Balaban J connectivity index is 2.48. The summed E-state index contributed by atoms with van der Waals surface area (Å²) >= 11 is 0. The van der Waals surface area contributed by atoms with Crippen LogP contribution in [0.3, 0.4) is 0 Å². The quantitative estimate of drug-likeness (QED) is 0.765. The molecule has 0 saturated carbocycles. The molecule has 0 aliphatic heterocycles. The lowest BCUT2D eigenvalue weighted by molar-refractivity contribution is 0.248. The first-order valence-electron chi connectivity index (χ1n) is 5.92. The molecule has 0 aromatic carbocycles. The van der Waals surface area contributed by atoms with Crippen LogP contribution in [0.5, 0.6) is 5.88 Å². The summed E-state index contributed by atoms with van der Waals surface area (Å²) in [6, 6.07) is 3.80. The Morgan fingerprint density at radius 2 is 2.24 bits per heavy atom. The van der Waals surface area contributed by atoms with Gasteiger partial charge in [-0.05, 0) is 24.3 Å². The minimum absolute atomic E-state index is 0.166. The number of nitrogens with one attached hydrogen (secondary N) is 1. The maximum absolute atomic E-state index is 8.84. The summed E-state index contributed by atoms with van der Waals surface area (Å²) in [7, 11) is 1.61. The van der Waals surface area contributed by atoms with Gasteiger partial charge in [-0.1, -0.05) is 13.8 Å². The molecule has 0 aliphatic rings. The average molecular weight is 238 g/mol. The molecule has 0 amide bonds. The van der Waals surface area contributed by atoms with Gasteiger partial charge in [-0.2, -0.15) is 0 Å². The molecule has 0 aliphatic carbocycles. The summed E-state index contributed by atoms with van der Waals surface area (Å²) in [5, 5.41) is 12.2. The van der Waals surface area contributed by atoms with Crippen molar-refractivity contribution in [3.05, 3.63) is 18.3 Å². The number of hydrogen-bond donors (Lipinski definition) is 2. The first kappa shape index (κ1) is 13.8. The van der Waals surface area contributed by atoms with Gasteiger partial charge in [0.25, 0.3) is 0 Å². The standard InChI is InChI=1S/C13H22N2O2/c1-13(2,6-4-8-16)10-15-11-5-7-14-12(9-11)17-3/h5,7,9,16H,4,6,8,10H2,1-3H3,(H,14,15). The largest absolute Gasteiger partial charge is 0.481 e. The van der Waals surface area contributed by atoms with Gasteiger partial charge in [-0.25, -0.2) is 4.98 Å². The van der Waals surface area contributed by atoms with Crippen molar-refractivity contribution in [2.24, 2.45) is 5.41 Å². The zero-order valence-electron chi connectivity index (χ0n) is 10.9. The summed E-state index contributed by atoms with van der Waals surface area (Å²) in [6.07, 6.45) is 3.56. The van der Waals surface area contributed by atoms with Crippen LogP contribution in [0.2, 0.25) is 0 Å². The van der Waals surface area contributed by atoms with Crippen molar-refractivity contribution in [1.29, 1.82) is 0 Å². The van der Waals surface area contributed by atoms with E-state index in [1.54, 1.807) is 13.3 Å². The molecule has 0 unspecified atom stereocenters. The van der Waals surface area contributed by atoms with Gasteiger partial charge in [0.2, 0.25) is 5.88 Å². The van der Waals surface area contributed by atoms with E-state index in [-0.39, 0.29) is 12.0 Å². The maximum atomic E-state index is 8.84. The number of nitrogens with zero attached hydrogens (tertiary/aromatic N) is 1. The molecule has 0 atom stereocenters. The second-order valence-electron chi connectivity index (χ2n) is 4.93. The second kappa shape index (κ2) is 6.45. The third-order valence-corrected chi connectivity index (χ3v) is 2.73. The summed E-state index contributed by atoms with van der Waals surface area (Å²) in [5.41, 5.74) is 1.17. The van der Waals surface area contributed by atoms with Crippen LogP contribution < -0.4 is 10.1 Å². The molecule has 1 aromatic rings. The van der Waals surface area contributed by atoms with Crippen molar-refractivity contribution in [3.8, 4) is 5.88 Å². The molecule has 0 spiro atoms. The lowest BCUT2D eigenvalue weighted by Gasteiger charge is -2.25. The van der Waals surface area contributed by atoms with Crippen molar-refractivity contribution in [2.45, 2.75) is 26.7 Å². The molecule has 4 heteroatoms. The van der Waals surface area contributed by atoms with Crippen LogP contribution in [0, 0.1) is 5.41 Å². The predicted octanol–water partition coefficient (Wildman–Crippen LogP) is 2.30. The average Bonchev–Trinajstić information content (AvgIpc) is 2.34. The highest BCUT2D eigenvalue weighted by Crippen LogP contribution is 2.23. The zero-order chi connectivity index (χ0) is 12.7. The molecule has 0 bridgehead atoms. The molecule has 0 saturated heterocycles. The zero-order valence-corrected chi connectivity index (χ0v) is 10.9. The predicted molar refractivity (Wildman–Crippen MR) is 69.4 cm³/mol. The summed E-state index contributed by atoms with van der Waals surface area (Å²) in [5.74, 6) is 0.614. The van der Waals surface area contributed by atoms with Crippen LogP contribution in [0.25, 0.3) is 0 Å². The van der Waals surface area contributed by atoms with Gasteiger partial charge >= 0.3 is 0 Å². The SMILES string of the molecule is COc1cc(NCC(C)(C)CCCO)ccn1. The minimum atomic E-state index is 0.166. The summed E-state index contributed by atoms with van der Waals surface area (Å²) < 4.78 is 5.07. The van der Waals surface area contributed by atoms with Crippen molar-refractivity contribution >= 4 is 5.69 Å². The monoisotopic (exact) mass is 238 g/mol. The molecule has 96 valence electrons. The van der Waals surface area contributed by atoms with Gasteiger partial charge in [-0.3, -0.25) is 0 Å².